The van der Waals surface area contributed by atoms with Crippen LogP contribution in [0.25, 0.3) is 0 Å². The molecule has 0 fully saturated rings. The molecule has 2 rings (SSSR count). The third-order valence-electron chi connectivity index (χ3n) is 3.10. The summed E-state index contributed by atoms with van der Waals surface area (Å²) >= 11 is 0. The van der Waals surface area contributed by atoms with Gasteiger partial charge in [0.25, 0.3) is 20.2 Å². The summed E-state index contributed by atoms with van der Waals surface area (Å²) in [5.74, 6) is -0.604. The zero-order valence-electron chi connectivity index (χ0n) is 13.5. The van der Waals surface area contributed by atoms with Crippen molar-refractivity contribution in [2.75, 3.05) is 5.32 Å². The predicted molar refractivity (Wildman–Crippen MR) is 95.5 cm³/mol. The maximum atomic E-state index is 11.6. The van der Waals surface area contributed by atoms with E-state index in [2.05, 4.69) is 22.1 Å². The molecule has 2 aromatic carbocycles. The number of nitrogens with one attached hydrogen (secondary N) is 1. The van der Waals surface area contributed by atoms with Crippen LogP contribution in [0.1, 0.15) is 0 Å². The van der Waals surface area contributed by atoms with Crippen LogP contribution < -0.4 is 5.32 Å². The highest BCUT2D eigenvalue weighted by Gasteiger charge is 2.18. The average molecular weight is 411 g/mol. The van der Waals surface area contributed by atoms with Gasteiger partial charge in [-0.25, -0.2) is 0 Å². The number of benzene rings is 2. The van der Waals surface area contributed by atoms with E-state index in [0.29, 0.717) is 0 Å². The molecule has 0 saturated heterocycles. The van der Waals surface area contributed by atoms with Gasteiger partial charge in [-0.2, -0.15) is 16.8 Å². The second-order valence-corrected chi connectivity index (χ2v) is 7.77. The van der Waals surface area contributed by atoms with Gasteiger partial charge in [0.05, 0.1) is 0 Å². The third kappa shape index (κ3) is 5.27. The Morgan fingerprint density at radius 1 is 0.926 bits per heavy atom. The minimum absolute atomic E-state index is 0.0461. The van der Waals surface area contributed by atoms with Crippen LogP contribution in [-0.4, -0.2) is 31.8 Å². The minimum Gasteiger partial charge on any atom is -0.322 e. The van der Waals surface area contributed by atoms with Gasteiger partial charge in [-0.1, -0.05) is 18.7 Å². The Balaban J connectivity index is 2.52. The Morgan fingerprint density at radius 2 is 1.48 bits per heavy atom. The lowest BCUT2D eigenvalue weighted by atomic mass is 10.3. The summed E-state index contributed by atoms with van der Waals surface area (Å²) in [4.78, 5) is 10.1. The van der Waals surface area contributed by atoms with E-state index < -0.39 is 35.9 Å². The SMILES string of the molecule is C=CC(=O)Nc1ccc(N=Nc2ccccc2S(=O)(=O)O)c(S(=O)(=O)O)c1. The summed E-state index contributed by atoms with van der Waals surface area (Å²) in [5, 5.41) is 9.58. The molecule has 0 aromatic heterocycles. The maximum Gasteiger partial charge on any atom is 0.296 e. The number of hydrogen-bond donors (Lipinski definition) is 3. The molecular formula is C15H13N3O7S2. The summed E-state index contributed by atoms with van der Waals surface area (Å²) in [5.41, 5.74) is -0.519. The number of carbonyl (C=O) groups is 1. The first-order valence-electron chi connectivity index (χ1n) is 7.05. The molecule has 3 N–H and O–H groups in total. The van der Waals surface area contributed by atoms with E-state index >= 15 is 0 Å². The van der Waals surface area contributed by atoms with Gasteiger partial charge in [0.2, 0.25) is 5.91 Å². The Bertz CT molecular complexity index is 1140. The van der Waals surface area contributed by atoms with Crippen LogP contribution in [0.15, 0.2) is 75.1 Å². The Hall–Kier alpha value is -2.93. The number of carbonyl (C=O) groups excluding carboxylic acids is 1. The van der Waals surface area contributed by atoms with Gasteiger partial charge in [0.1, 0.15) is 21.2 Å². The van der Waals surface area contributed by atoms with Crippen LogP contribution in [0.3, 0.4) is 0 Å². The molecule has 142 valence electrons. The number of hydrogen-bond acceptors (Lipinski definition) is 7. The molecule has 0 saturated carbocycles. The number of amides is 1. The number of anilines is 1. The van der Waals surface area contributed by atoms with E-state index in [-0.39, 0.29) is 17.1 Å². The highest BCUT2D eigenvalue weighted by molar-refractivity contribution is 7.86. The highest BCUT2D eigenvalue weighted by Crippen LogP contribution is 2.31. The molecule has 0 radical (unpaired) electrons. The van der Waals surface area contributed by atoms with Crippen molar-refractivity contribution in [3.05, 3.63) is 55.1 Å². The van der Waals surface area contributed by atoms with Crippen LogP contribution in [0, 0.1) is 0 Å². The molecule has 0 bridgehead atoms. The van der Waals surface area contributed by atoms with Crippen molar-refractivity contribution < 1.29 is 30.7 Å². The summed E-state index contributed by atoms with van der Waals surface area (Å²) in [6, 6.07) is 8.48. The van der Waals surface area contributed by atoms with Gasteiger partial charge >= 0.3 is 0 Å². The van der Waals surface area contributed by atoms with Gasteiger partial charge < -0.3 is 5.32 Å². The smallest absolute Gasteiger partial charge is 0.296 e. The fraction of sp³-hybridized carbons (Fsp3) is 0. The first-order valence-corrected chi connectivity index (χ1v) is 9.93. The molecule has 0 heterocycles. The normalized spacial score (nSPS) is 12.1. The lowest BCUT2D eigenvalue weighted by Gasteiger charge is -2.07. The van der Waals surface area contributed by atoms with Crippen molar-refractivity contribution in [1.82, 2.24) is 0 Å². The molecule has 0 atom stereocenters. The first kappa shape index (κ1) is 20.4. The molecular weight excluding hydrogens is 398 g/mol. The zero-order chi connectivity index (χ0) is 20.2. The predicted octanol–water partition coefficient (Wildman–Crippen LogP) is 2.72. The molecule has 0 unspecified atom stereocenters. The van der Waals surface area contributed by atoms with Crippen LogP contribution >= 0.6 is 0 Å². The van der Waals surface area contributed by atoms with Crippen LogP contribution in [-0.2, 0) is 25.0 Å². The molecule has 1 amide bonds. The van der Waals surface area contributed by atoms with E-state index in [9.17, 15) is 30.7 Å². The number of nitrogens with zero attached hydrogens (tertiary/aromatic N) is 2. The van der Waals surface area contributed by atoms with Crippen LogP contribution in [0.4, 0.5) is 17.1 Å². The van der Waals surface area contributed by atoms with Crippen molar-refractivity contribution in [2.45, 2.75) is 9.79 Å². The monoisotopic (exact) mass is 411 g/mol. The van der Waals surface area contributed by atoms with Crippen molar-refractivity contribution >= 4 is 43.2 Å². The van der Waals surface area contributed by atoms with Gasteiger partial charge in [-0.15, -0.1) is 10.2 Å². The quantitative estimate of drug-likeness (QED) is 0.374. The fourth-order valence-electron chi connectivity index (χ4n) is 1.94. The summed E-state index contributed by atoms with van der Waals surface area (Å²) in [6.45, 7) is 3.25. The first-order chi connectivity index (χ1) is 12.5. The lowest BCUT2D eigenvalue weighted by Crippen LogP contribution is -2.08. The average Bonchev–Trinajstić information content (AvgIpc) is 2.59. The molecule has 0 spiro atoms. The van der Waals surface area contributed by atoms with E-state index in [0.717, 1.165) is 24.3 Å². The van der Waals surface area contributed by atoms with Gasteiger partial charge in [-0.3, -0.25) is 13.9 Å². The standard InChI is InChI=1S/C15H13N3O7S2/c1-2-15(19)16-10-7-8-12(14(9-10)27(23,24)25)18-17-11-5-3-4-6-13(11)26(20,21)22/h2-9H,1H2,(H,16,19)(H,20,21,22)(H,23,24,25). The van der Waals surface area contributed by atoms with E-state index in [1.54, 1.807) is 0 Å². The van der Waals surface area contributed by atoms with Crippen LogP contribution in [0.5, 0.6) is 0 Å². The molecule has 0 aliphatic rings. The largest absolute Gasteiger partial charge is 0.322 e. The van der Waals surface area contributed by atoms with E-state index in [1.165, 1.54) is 24.3 Å². The number of rotatable bonds is 6. The Labute approximate surface area is 154 Å². The number of azo groups is 1. The summed E-state index contributed by atoms with van der Waals surface area (Å²) in [7, 11) is -9.32. The maximum absolute atomic E-state index is 11.6. The van der Waals surface area contributed by atoms with Gasteiger partial charge in [0.15, 0.2) is 0 Å². The highest BCUT2D eigenvalue weighted by atomic mass is 32.2. The third-order valence-corrected chi connectivity index (χ3v) is 4.88. The van der Waals surface area contributed by atoms with Gasteiger partial charge in [-0.05, 0) is 36.4 Å². The van der Waals surface area contributed by atoms with Crippen molar-refractivity contribution in [1.29, 1.82) is 0 Å². The van der Waals surface area contributed by atoms with Crippen molar-refractivity contribution in [3.63, 3.8) is 0 Å². The molecule has 12 heteroatoms. The molecule has 0 aliphatic heterocycles. The Kier molecular flexibility index (Phi) is 5.85. The topological polar surface area (TPSA) is 163 Å². The molecule has 0 aliphatic carbocycles. The van der Waals surface area contributed by atoms with Crippen molar-refractivity contribution in [2.24, 2.45) is 10.2 Å². The summed E-state index contributed by atoms with van der Waals surface area (Å²) in [6.07, 6.45) is 0.965. The van der Waals surface area contributed by atoms with Gasteiger partial charge in [0, 0.05) is 5.69 Å². The second-order valence-electron chi connectivity index (χ2n) is 4.99. The summed E-state index contributed by atoms with van der Waals surface area (Å²) < 4.78 is 64.4. The van der Waals surface area contributed by atoms with Crippen molar-refractivity contribution in [3.8, 4) is 0 Å². The second kappa shape index (κ2) is 7.75. The van der Waals surface area contributed by atoms with E-state index in [1.807, 2.05) is 0 Å². The Morgan fingerprint density at radius 3 is 2.04 bits per heavy atom. The molecule has 10 nitrogen and oxygen atoms in total. The minimum atomic E-state index is -4.74. The fourth-order valence-corrected chi connectivity index (χ4v) is 3.21. The lowest BCUT2D eigenvalue weighted by molar-refractivity contribution is -0.111. The zero-order valence-corrected chi connectivity index (χ0v) is 15.1. The van der Waals surface area contributed by atoms with Crippen LogP contribution in [0.2, 0.25) is 0 Å². The van der Waals surface area contributed by atoms with E-state index in [4.69, 9.17) is 0 Å². The molecule has 2 aromatic rings. The molecule has 27 heavy (non-hydrogen) atoms.